The molecule has 0 saturated carbocycles. The van der Waals surface area contributed by atoms with E-state index in [9.17, 15) is 22.4 Å². The number of amides is 1. The molecule has 30 heavy (non-hydrogen) atoms. The Balaban J connectivity index is 1.43. The summed E-state index contributed by atoms with van der Waals surface area (Å²) in [5.74, 6) is -2.36. The van der Waals surface area contributed by atoms with Crippen LogP contribution in [0.25, 0.3) is 11.3 Å². The highest BCUT2D eigenvalue weighted by atomic mass is 19.4. The normalized spacial score (nSPS) is 15.6. The van der Waals surface area contributed by atoms with E-state index in [2.05, 4.69) is 15.3 Å². The maximum Gasteiger partial charge on any atom is 0.470 e. The first-order valence-corrected chi connectivity index (χ1v) is 9.22. The third kappa shape index (κ3) is 3.91. The summed E-state index contributed by atoms with van der Waals surface area (Å²) in [6.07, 6.45) is -3.86. The SMILES string of the molecule is Cn1nc(-c2ccc(F)cc2)cc1C(=O)N1CCC(c2nnc(C(F)(F)F)o2)CC1. The zero-order valence-electron chi connectivity index (χ0n) is 15.9. The molecule has 1 fully saturated rings. The Kier molecular flexibility index (Phi) is 5.04. The van der Waals surface area contributed by atoms with Gasteiger partial charge in [-0.05, 0) is 43.2 Å². The quantitative estimate of drug-likeness (QED) is 0.601. The molecule has 1 aliphatic heterocycles. The van der Waals surface area contributed by atoms with Gasteiger partial charge in [0.05, 0.1) is 5.69 Å². The molecular formula is C19H17F4N5O2. The number of aryl methyl sites for hydroxylation is 1. The van der Waals surface area contributed by atoms with E-state index in [1.165, 1.54) is 16.8 Å². The number of aromatic nitrogens is 4. The Labute approximate surface area is 168 Å². The van der Waals surface area contributed by atoms with E-state index in [0.717, 1.165) is 0 Å². The number of benzene rings is 1. The van der Waals surface area contributed by atoms with E-state index in [4.69, 9.17) is 4.42 Å². The predicted octanol–water partition coefficient (Wildman–Crippen LogP) is 3.65. The summed E-state index contributed by atoms with van der Waals surface area (Å²) in [5.41, 5.74) is 1.59. The van der Waals surface area contributed by atoms with E-state index in [1.807, 2.05) is 0 Å². The van der Waals surface area contributed by atoms with Gasteiger partial charge in [0.1, 0.15) is 11.5 Å². The maximum absolute atomic E-state index is 13.1. The van der Waals surface area contributed by atoms with Crippen molar-refractivity contribution in [1.29, 1.82) is 0 Å². The van der Waals surface area contributed by atoms with Crippen molar-refractivity contribution < 1.29 is 26.8 Å². The number of likely N-dealkylation sites (tertiary alicyclic amines) is 1. The molecule has 2 aromatic heterocycles. The molecule has 1 aliphatic rings. The molecule has 158 valence electrons. The highest BCUT2D eigenvalue weighted by Gasteiger charge is 2.39. The Morgan fingerprint density at radius 2 is 1.80 bits per heavy atom. The summed E-state index contributed by atoms with van der Waals surface area (Å²) in [4.78, 5) is 14.5. The van der Waals surface area contributed by atoms with Crippen LogP contribution in [0.3, 0.4) is 0 Å². The monoisotopic (exact) mass is 423 g/mol. The number of hydrogen-bond acceptors (Lipinski definition) is 5. The molecule has 0 bridgehead atoms. The first-order chi connectivity index (χ1) is 14.2. The minimum absolute atomic E-state index is 0.0615. The van der Waals surface area contributed by atoms with Crippen molar-refractivity contribution >= 4 is 5.91 Å². The molecule has 0 aliphatic carbocycles. The zero-order chi connectivity index (χ0) is 21.5. The van der Waals surface area contributed by atoms with Crippen LogP contribution in [0.1, 0.15) is 41.0 Å². The first-order valence-electron chi connectivity index (χ1n) is 9.22. The first kappa shape index (κ1) is 20.0. The highest BCUT2D eigenvalue weighted by molar-refractivity contribution is 5.93. The van der Waals surface area contributed by atoms with Crippen LogP contribution in [-0.2, 0) is 13.2 Å². The number of nitrogens with zero attached hydrogens (tertiary/aromatic N) is 5. The number of rotatable bonds is 3. The number of piperidine rings is 1. The molecule has 4 rings (SSSR count). The lowest BCUT2D eigenvalue weighted by Crippen LogP contribution is -2.38. The lowest BCUT2D eigenvalue weighted by molar-refractivity contribution is -0.157. The van der Waals surface area contributed by atoms with Gasteiger partial charge in [0.25, 0.3) is 5.91 Å². The van der Waals surface area contributed by atoms with Crippen LogP contribution in [0.15, 0.2) is 34.7 Å². The number of carbonyl (C=O) groups excluding carboxylic acids is 1. The maximum atomic E-state index is 13.1. The van der Waals surface area contributed by atoms with E-state index < -0.39 is 12.1 Å². The third-order valence-corrected chi connectivity index (χ3v) is 5.05. The van der Waals surface area contributed by atoms with Crippen LogP contribution >= 0.6 is 0 Å². The van der Waals surface area contributed by atoms with Gasteiger partial charge in [0.2, 0.25) is 5.89 Å². The fourth-order valence-corrected chi connectivity index (χ4v) is 3.43. The number of hydrogen-bond donors (Lipinski definition) is 0. The molecule has 0 N–H and O–H groups in total. The third-order valence-electron chi connectivity index (χ3n) is 5.05. The van der Waals surface area contributed by atoms with Crippen LogP contribution in [0.5, 0.6) is 0 Å². The number of alkyl halides is 3. The average Bonchev–Trinajstić information content (AvgIpc) is 3.35. The van der Waals surface area contributed by atoms with Crippen molar-refractivity contribution in [3.05, 3.63) is 53.6 Å². The largest absolute Gasteiger partial charge is 0.470 e. The van der Waals surface area contributed by atoms with Gasteiger partial charge >= 0.3 is 12.1 Å². The van der Waals surface area contributed by atoms with Gasteiger partial charge in [-0.2, -0.15) is 18.3 Å². The summed E-state index contributed by atoms with van der Waals surface area (Å²) < 4.78 is 57.2. The fourth-order valence-electron chi connectivity index (χ4n) is 3.43. The van der Waals surface area contributed by atoms with E-state index in [1.54, 1.807) is 30.1 Å². The summed E-state index contributed by atoms with van der Waals surface area (Å²) >= 11 is 0. The molecular weight excluding hydrogens is 406 g/mol. The summed E-state index contributed by atoms with van der Waals surface area (Å²) in [5, 5.41) is 10.9. The van der Waals surface area contributed by atoms with Crippen molar-refractivity contribution in [2.45, 2.75) is 24.9 Å². The van der Waals surface area contributed by atoms with Crippen LogP contribution in [0.2, 0.25) is 0 Å². The summed E-state index contributed by atoms with van der Waals surface area (Å²) in [6.45, 7) is 0.675. The van der Waals surface area contributed by atoms with Gasteiger partial charge in [0, 0.05) is 31.6 Å². The van der Waals surface area contributed by atoms with Crippen molar-refractivity contribution in [2.24, 2.45) is 7.05 Å². The highest BCUT2D eigenvalue weighted by Crippen LogP contribution is 2.33. The van der Waals surface area contributed by atoms with Gasteiger partial charge in [-0.3, -0.25) is 9.48 Å². The Hall–Kier alpha value is -3.24. The Morgan fingerprint density at radius 1 is 1.13 bits per heavy atom. The molecule has 3 aromatic rings. The molecule has 3 heterocycles. The van der Waals surface area contributed by atoms with Gasteiger partial charge in [-0.15, -0.1) is 10.2 Å². The van der Waals surface area contributed by atoms with Crippen LogP contribution in [-0.4, -0.2) is 43.9 Å². The van der Waals surface area contributed by atoms with Gasteiger partial charge in [-0.25, -0.2) is 4.39 Å². The Morgan fingerprint density at radius 3 is 2.40 bits per heavy atom. The molecule has 1 saturated heterocycles. The van der Waals surface area contributed by atoms with Crippen molar-refractivity contribution in [1.82, 2.24) is 24.9 Å². The van der Waals surface area contributed by atoms with Crippen LogP contribution in [0, 0.1) is 5.82 Å². The lowest BCUT2D eigenvalue weighted by Gasteiger charge is -2.30. The molecule has 11 heteroatoms. The minimum Gasteiger partial charge on any atom is -0.417 e. The standard InChI is InChI=1S/C19H17F4N5O2/c1-27-15(10-14(26-27)11-2-4-13(20)5-3-11)17(29)28-8-6-12(7-9-28)16-24-25-18(30-16)19(21,22)23/h2-5,10,12H,6-9H2,1H3. The van der Waals surface area contributed by atoms with Crippen LogP contribution < -0.4 is 0 Å². The smallest absolute Gasteiger partial charge is 0.417 e. The van der Waals surface area contributed by atoms with E-state index in [-0.39, 0.29) is 23.5 Å². The second kappa shape index (κ2) is 7.54. The minimum atomic E-state index is -4.68. The van der Waals surface area contributed by atoms with Crippen molar-refractivity contribution in [3.63, 3.8) is 0 Å². The van der Waals surface area contributed by atoms with Gasteiger partial charge in [-0.1, -0.05) is 0 Å². The molecule has 1 aromatic carbocycles. The van der Waals surface area contributed by atoms with E-state index >= 15 is 0 Å². The average molecular weight is 423 g/mol. The van der Waals surface area contributed by atoms with E-state index in [0.29, 0.717) is 42.9 Å². The molecule has 7 nitrogen and oxygen atoms in total. The topological polar surface area (TPSA) is 77.1 Å². The predicted molar refractivity (Wildman–Crippen MR) is 95.8 cm³/mol. The number of halogens is 4. The molecule has 0 atom stereocenters. The molecule has 0 unspecified atom stereocenters. The zero-order valence-corrected chi connectivity index (χ0v) is 15.9. The molecule has 0 radical (unpaired) electrons. The second-order valence-electron chi connectivity index (χ2n) is 7.06. The Bertz CT molecular complexity index is 1050. The summed E-state index contributed by atoms with van der Waals surface area (Å²) in [6, 6.07) is 7.43. The molecule has 1 amide bonds. The van der Waals surface area contributed by atoms with Gasteiger partial charge < -0.3 is 9.32 Å². The second-order valence-corrected chi connectivity index (χ2v) is 7.06. The summed E-state index contributed by atoms with van der Waals surface area (Å²) in [7, 11) is 1.64. The lowest BCUT2D eigenvalue weighted by atomic mass is 9.96. The van der Waals surface area contributed by atoms with Gasteiger partial charge in [0.15, 0.2) is 0 Å². The van der Waals surface area contributed by atoms with Crippen molar-refractivity contribution in [3.8, 4) is 11.3 Å². The number of carbonyl (C=O) groups is 1. The molecule has 0 spiro atoms. The van der Waals surface area contributed by atoms with Crippen molar-refractivity contribution in [2.75, 3.05) is 13.1 Å². The fraction of sp³-hybridized carbons (Fsp3) is 0.368. The van der Waals surface area contributed by atoms with Crippen LogP contribution in [0.4, 0.5) is 17.6 Å².